The predicted molar refractivity (Wildman–Crippen MR) is 109 cm³/mol. The molecule has 5 heteroatoms. The summed E-state index contributed by atoms with van der Waals surface area (Å²) in [6.07, 6.45) is 2.80. The summed E-state index contributed by atoms with van der Waals surface area (Å²) in [5, 5.41) is 0. The highest BCUT2D eigenvalue weighted by Crippen LogP contribution is 2.40. The highest BCUT2D eigenvalue weighted by atomic mass is 16.2. The molecular formula is C24H25N2O3+. The normalized spacial score (nSPS) is 30.5. The number of anilines is 1. The lowest BCUT2D eigenvalue weighted by Crippen LogP contribution is -3.16. The smallest absolute Gasteiger partial charge is 0.244 e. The Morgan fingerprint density at radius 1 is 1.00 bits per heavy atom. The Bertz CT molecular complexity index is 969. The number of quaternary nitrogens is 1. The van der Waals surface area contributed by atoms with Gasteiger partial charge in [-0.25, -0.2) is 4.90 Å². The van der Waals surface area contributed by atoms with Crippen LogP contribution in [0.25, 0.3) is 0 Å². The van der Waals surface area contributed by atoms with Crippen LogP contribution in [0, 0.1) is 11.8 Å². The van der Waals surface area contributed by atoms with E-state index in [1.807, 2.05) is 54.6 Å². The molecule has 1 N–H and O–H groups in total. The fourth-order valence-corrected chi connectivity index (χ4v) is 5.66. The quantitative estimate of drug-likeness (QED) is 0.639. The van der Waals surface area contributed by atoms with Crippen LogP contribution in [0.15, 0.2) is 54.6 Å². The SMILES string of the molecule is CCc1ccc(N2C(=O)[C@@H]3[C@@H](C2=O)[C@@H]2CCC[NH+]2[C@@H]3C(=O)c2ccccc2)cc1. The molecule has 148 valence electrons. The topological polar surface area (TPSA) is 58.9 Å². The van der Waals surface area contributed by atoms with Crippen molar-refractivity contribution in [3.05, 3.63) is 65.7 Å². The summed E-state index contributed by atoms with van der Waals surface area (Å²) >= 11 is 0. The van der Waals surface area contributed by atoms with Crippen LogP contribution in [0.1, 0.15) is 35.7 Å². The number of carbonyl (C=O) groups excluding carboxylic acids is 3. The first-order chi connectivity index (χ1) is 14.1. The van der Waals surface area contributed by atoms with Crippen LogP contribution in [-0.4, -0.2) is 36.2 Å². The number of hydrogen-bond donors (Lipinski definition) is 1. The predicted octanol–water partition coefficient (Wildman–Crippen LogP) is 1.67. The number of aryl methyl sites for hydroxylation is 1. The van der Waals surface area contributed by atoms with Crippen molar-refractivity contribution in [3.63, 3.8) is 0 Å². The number of hydrogen-bond acceptors (Lipinski definition) is 3. The third-order valence-corrected chi connectivity index (χ3v) is 6.99. The largest absolute Gasteiger partial charge is 0.322 e. The number of nitrogens with zero attached hydrogens (tertiary/aromatic N) is 1. The van der Waals surface area contributed by atoms with Crippen molar-refractivity contribution in [1.29, 1.82) is 0 Å². The van der Waals surface area contributed by atoms with Gasteiger partial charge < -0.3 is 4.90 Å². The minimum absolute atomic E-state index is 0.00988. The van der Waals surface area contributed by atoms with Gasteiger partial charge >= 0.3 is 0 Å². The molecule has 3 fully saturated rings. The Morgan fingerprint density at radius 2 is 1.69 bits per heavy atom. The lowest BCUT2D eigenvalue weighted by molar-refractivity contribution is -0.915. The van der Waals surface area contributed by atoms with Gasteiger partial charge in [0.1, 0.15) is 17.9 Å². The molecule has 0 bridgehead atoms. The number of rotatable bonds is 4. The molecule has 0 spiro atoms. The summed E-state index contributed by atoms with van der Waals surface area (Å²) in [4.78, 5) is 42.7. The second-order valence-corrected chi connectivity index (χ2v) is 8.37. The molecule has 2 amide bonds. The van der Waals surface area contributed by atoms with Crippen molar-refractivity contribution in [2.75, 3.05) is 11.4 Å². The number of benzene rings is 2. The maximum absolute atomic E-state index is 13.5. The van der Waals surface area contributed by atoms with E-state index in [1.54, 1.807) is 0 Å². The fourth-order valence-electron chi connectivity index (χ4n) is 5.66. The molecule has 3 aliphatic rings. The summed E-state index contributed by atoms with van der Waals surface area (Å²) in [7, 11) is 0. The van der Waals surface area contributed by atoms with E-state index in [2.05, 4.69) is 6.92 Å². The van der Waals surface area contributed by atoms with Crippen molar-refractivity contribution in [3.8, 4) is 0 Å². The molecule has 0 saturated carbocycles. The van der Waals surface area contributed by atoms with Gasteiger partial charge in [-0.05, 0) is 24.1 Å². The second-order valence-electron chi connectivity index (χ2n) is 8.37. The molecule has 0 aromatic heterocycles. The van der Waals surface area contributed by atoms with Gasteiger partial charge in [0.25, 0.3) is 0 Å². The Labute approximate surface area is 170 Å². The van der Waals surface area contributed by atoms with E-state index in [9.17, 15) is 14.4 Å². The van der Waals surface area contributed by atoms with Crippen molar-refractivity contribution >= 4 is 23.3 Å². The number of carbonyl (C=O) groups is 3. The van der Waals surface area contributed by atoms with Crippen LogP contribution >= 0.6 is 0 Å². The van der Waals surface area contributed by atoms with Crippen LogP contribution in [0.3, 0.4) is 0 Å². The monoisotopic (exact) mass is 389 g/mol. The number of ketones is 1. The molecule has 29 heavy (non-hydrogen) atoms. The lowest BCUT2D eigenvalue weighted by atomic mass is 9.85. The molecule has 0 radical (unpaired) electrons. The van der Waals surface area contributed by atoms with Crippen LogP contribution in [0.4, 0.5) is 5.69 Å². The second kappa shape index (κ2) is 6.92. The van der Waals surface area contributed by atoms with Gasteiger partial charge in [0.05, 0.1) is 12.2 Å². The highest BCUT2D eigenvalue weighted by Gasteiger charge is 2.68. The lowest BCUT2D eigenvalue weighted by Gasteiger charge is -2.25. The molecule has 1 unspecified atom stereocenters. The molecule has 3 aliphatic heterocycles. The Hall–Kier alpha value is -2.79. The van der Waals surface area contributed by atoms with E-state index in [0.717, 1.165) is 36.3 Å². The Kier molecular flexibility index (Phi) is 4.36. The van der Waals surface area contributed by atoms with E-state index in [-0.39, 0.29) is 29.6 Å². The minimum Gasteiger partial charge on any atom is -0.322 e. The summed E-state index contributed by atoms with van der Waals surface area (Å²) in [6, 6.07) is 16.4. The number of amides is 2. The molecule has 0 aliphatic carbocycles. The Morgan fingerprint density at radius 3 is 2.38 bits per heavy atom. The van der Waals surface area contributed by atoms with Crippen molar-refractivity contribution in [2.24, 2.45) is 11.8 Å². The zero-order valence-electron chi connectivity index (χ0n) is 16.5. The average molecular weight is 389 g/mol. The summed E-state index contributed by atoms with van der Waals surface area (Å²) < 4.78 is 0. The number of Topliss-reactive ketones (excluding diaryl/α,β-unsaturated/α-hetero) is 1. The Balaban J connectivity index is 1.53. The summed E-state index contributed by atoms with van der Waals surface area (Å²) in [6.45, 7) is 2.93. The molecule has 5 atom stereocenters. The summed E-state index contributed by atoms with van der Waals surface area (Å²) in [5.74, 6) is -1.29. The third kappa shape index (κ3) is 2.68. The summed E-state index contributed by atoms with van der Waals surface area (Å²) in [5.41, 5.74) is 2.41. The van der Waals surface area contributed by atoms with E-state index in [1.165, 1.54) is 4.90 Å². The maximum atomic E-state index is 13.5. The fraction of sp³-hybridized carbons (Fsp3) is 0.375. The zero-order valence-corrected chi connectivity index (χ0v) is 16.5. The number of imide groups is 1. The van der Waals surface area contributed by atoms with Gasteiger partial charge in [0.2, 0.25) is 17.6 Å². The van der Waals surface area contributed by atoms with Gasteiger partial charge in [-0.2, -0.15) is 0 Å². The maximum Gasteiger partial charge on any atom is 0.244 e. The van der Waals surface area contributed by atoms with E-state index in [4.69, 9.17) is 0 Å². The molecule has 2 aromatic carbocycles. The molecule has 5 rings (SSSR count). The van der Waals surface area contributed by atoms with Crippen LogP contribution < -0.4 is 9.80 Å². The first-order valence-electron chi connectivity index (χ1n) is 10.5. The molecule has 3 heterocycles. The van der Waals surface area contributed by atoms with E-state index < -0.39 is 12.0 Å². The van der Waals surface area contributed by atoms with Crippen molar-refractivity contribution in [2.45, 2.75) is 38.3 Å². The molecule has 3 saturated heterocycles. The average Bonchev–Trinajstić information content (AvgIpc) is 3.40. The van der Waals surface area contributed by atoms with Gasteiger partial charge in [0.15, 0.2) is 6.04 Å². The van der Waals surface area contributed by atoms with Gasteiger partial charge in [-0.15, -0.1) is 0 Å². The third-order valence-electron chi connectivity index (χ3n) is 6.99. The van der Waals surface area contributed by atoms with Gasteiger partial charge in [0, 0.05) is 18.4 Å². The van der Waals surface area contributed by atoms with E-state index >= 15 is 0 Å². The first kappa shape index (κ1) is 18.3. The minimum atomic E-state index is -0.554. The van der Waals surface area contributed by atoms with Crippen molar-refractivity contribution in [1.82, 2.24) is 0 Å². The van der Waals surface area contributed by atoms with Crippen LogP contribution in [-0.2, 0) is 16.0 Å². The number of fused-ring (bicyclic) bond motifs is 3. The first-order valence-corrected chi connectivity index (χ1v) is 10.5. The van der Waals surface area contributed by atoms with Gasteiger partial charge in [-0.3, -0.25) is 14.4 Å². The van der Waals surface area contributed by atoms with Crippen LogP contribution in [0.2, 0.25) is 0 Å². The number of nitrogens with one attached hydrogen (secondary N) is 1. The standard InChI is InChI=1S/C24H24N2O3/c1-2-15-10-12-17(13-11-15)26-23(28)19-18-9-6-14-25(18)21(20(19)24(26)29)22(27)16-7-4-3-5-8-16/h3-5,7-8,10-13,18-21H,2,6,9,14H2,1H3/p+1/t18-,19-,20+,21-/m0/s1. The molecule has 2 aromatic rings. The zero-order chi connectivity index (χ0) is 20.1. The van der Waals surface area contributed by atoms with Crippen LogP contribution in [0.5, 0.6) is 0 Å². The molecular weight excluding hydrogens is 364 g/mol. The van der Waals surface area contributed by atoms with Gasteiger partial charge in [-0.1, -0.05) is 49.4 Å². The van der Waals surface area contributed by atoms with E-state index in [0.29, 0.717) is 11.3 Å². The van der Waals surface area contributed by atoms with Crippen molar-refractivity contribution < 1.29 is 19.3 Å². The highest BCUT2D eigenvalue weighted by molar-refractivity contribution is 6.24. The molecule has 5 nitrogen and oxygen atoms in total.